The number of hydrogen-bond donors (Lipinski definition) is 2. The average Bonchev–Trinajstić information content (AvgIpc) is 2.71. The molecule has 1 heterocycles. The molecule has 190 valence electrons. The van der Waals surface area contributed by atoms with Crippen molar-refractivity contribution >= 4 is 23.7 Å². The molecule has 0 radical (unpaired) electrons. The Morgan fingerprint density at radius 1 is 1.21 bits per heavy atom. The minimum atomic E-state index is -2.06. The number of methoxy groups -OCH3 is 1. The minimum absolute atomic E-state index is 0.0755. The number of fused-ring (bicyclic) bond motifs is 3. The van der Waals surface area contributed by atoms with Gasteiger partial charge in [-0.05, 0) is 76.0 Å². The lowest BCUT2D eigenvalue weighted by atomic mass is 9.37. The lowest BCUT2D eigenvalue weighted by Crippen LogP contribution is -2.71. The SMILES string of the molecule is C=C1CC2C(C)(CCC(=O)O)C(C(C)(C)O)CCC2(C)C2C(=O)OC(C)(C(=O)OC)C(=O)C12C. The maximum atomic E-state index is 13.8. The first kappa shape index (κ1) is 26.4. The Hall–Kier alpha value is -2.22. The van der Waals surface area contributed by atoms with E-state index in [1.807, 2.05) is 13.8 Å². The highest BCUT2D eigenvalue weighted by atomic mass is 16.6. The topological polar surface area (TPSA) is 127 Å². The van der Waals surface area contributed by atoms with Crippen LogP contribution in [0.1, 0.15) is 73.6 Å². The summed E-state index contributed by atoms with van der Waals surface area (Å²) < 4.78 is 10.3. The van der Waals surface area contributed by atoms with E-state index in [9.17, 15) is 29.4 Å². The number of Topliss-reactive ketones (excluding diaryl/α,β-unsaturated/α-hetero) is 1. The molecule has 3 aliphatic rings. The van der Waals surface area contributed by atoms with Crippen molar-refractivity contribution in [1.29, 1.82) is 0 Å². The predicted octanol–water partition coefficient (Wildman–Crippen LogP) is 3.30. The molecule has 3 fully saturated rings. The largest absolute Gasteiger partial charge is 0.481 e. The number of ketones is 1. The number of aliphatic carboxylic acids is 1. The zero-order valence-corrected chi connectivity index (χ0v) is 21.3. The van der Waals surface area contributed by atoms with E-state index in [2.05, 4.69) is 6.58 Å². The summed E-state index contributed by atoms with van der Waals surface area (Å²) >= 11 is 0. The van der Waals surface area contributed by atoms with Crippen LogP contribution in [0.5, 0.6) is 0 Å². The van der Waals surface area contributed by atoms with E-state index in [4.69, 9.17) is 9.47 Å². The van der Waals surface area contributed by atoms with E-state index >= 15 is 0 Å². The van der Waals surface area contributed by atoms with E-state index in [0.717, 1.165) is 7.11 Å². The first-order valence-electron chi connectivity index (χ1n) is 11.9. The fourth-order valence-electron chi connectivity index (χ4n) is 7.90. The molecule has 0 amide bonds. The summed E-state index contributed by atoms with van der Waals surface area (Å²) in [6.07, 6.45) is 1.72. The average molecular weight is 479 g/mol. The number of carboxylic acids is 1. The Morgan fingerprint density at radius 3 is 2.29 bits per heavy atom. The molecule has 3 rings (SSSR count). The number of carbonyl (C=O) groups excluding carboxylic acids is 3. The van der Waals surface area contributed by atoms with Crippen molar-refractivity contribution in [2.75, 3.05) is 7.11 Å². The number of carbonyl (C=O) groups is 4. The van der Waals surface area contributed by atoms with E-state index in [1.54, 1.807) is 20.8 Å². The Morgan fingerprint density at radius 2 is 1.79 bits per heavy atom. The van der Waals surface area contributed by atoms with Gasteiger partial charge in [-0.2, -0.15) is 0 Å². The fourth-order valence-corrected chi connectivity index (χ4v) is 7.90. The number of allylic oxidation sites excluding steroid dienone is 1. The van der Waals surface area contributed by atoms with Crippen LogP contribution in [0.15, 0.2) is 12.2 Å². The molecule has 0 aromatic rings. The van der Waals surface area contributed by atoms with Crippen LogP contribution in [-0.4, -0.2) is 52.2 Å². The summed E-state index contributed by atoms with van der Waals surface area (Å²) in [7, 11) is 1.14. The number of cyclic esters (lactones) is 1. The standard InChI is InChI=1S/C26H38O8/c1-14-13-16-23(4,12-10-17(27)28)15(22(2,3)32)9-11-24(16,5)18-19(29)34-26(7,21(31)33-8)20(30)25(14,18)6/h15-16,18,32H,1,9-13H2,2-8H3,(H,27,28). The molecular weight excluding hydrogens is 440 g/mol. The number of carboxylic acid groups (broad SMARTS) is 1. The van der Waals surface area contributed by atoms with Gasteiger partial charge in [0.15, 0.2) is 5.78 Å². The van der Waals surface area contributed by atoms with Gasteiger partial charge in [0.05, 0.1) is 24.0 Å². The van der Waals surface area contributed by atoms with Crippen molar-refractivity contribution in [3.05, 3.63) is 12.2 Å². The lowest BCUT2D eigenvalue weighted by Gasteiger charge is -2.66. The van der Waals surface area contributed by atoms with Gasteiger partial charge in [0.1, 0.15) is 0 Å². The maximum absolute atomic E-state index is 13.8. The van der Waals surface area contributed by atoms with Crippen molar-refractivity contribution in [3.63, 3.8) is 0 Å². The van der Waals surface area contributed by atoms with Crippen LogP contribution >= 0.6 is 0 Å². The molecule has 34 heavy (non-hydrogen) atoms. The summed E-state index contributed by atoms with van der Waals surface area (Å²) in [4.78, 5) is 51.5. The zero-order chi connectivity index (χ0) is 26.1. The quantitative estimate of drug-likeness (QED) is 0.350. The van der Waals surface area contributed by atoms with Crippen LogP contribution in [0.2, 0.25) is 0 Å². The Kier molecular flexibility index (Phi) is 6.13. The number of hydrogen-bond acceptors (Lipinski definition) is 7. The number of rotatable bonds is 5. The van der Waals surface area contributed by atoms with Gasteiger partial charge in [-0.25, -0.2) is 4.79 Å². The highest BCUT2D eigenvalue weighted by molar-refractivity contribution is 6.15. The number of ether oxygens (including phenoxy) is 2. The molecule has 0 bridgehead atoms. The zero-order valence-electron chi connectivity index (χ0n) is 21.3. The number of aliphatic hydroxyl groups is 1. The molecular formula is C26H38O8. The van der Waals surface area contributed by atoms with Crippen LogP contribution in [0.25, 0.3) is 0 Å². The summed E-state index contributed by atoms with van der Waals surface area (Å²) in [5.41, 5.74) is -5.30. The molecule has 0 aromatic heterocycles. The first-order chi connectivity index (χ1) is 15.4. The van der Waals surface area contributed by atoms with Crippen molar-refractivity contribution in [3.8, 4) is 0 Å². The monoisotopic (exact) mass is 478 g/mol. The lowest BCUT2D eigenvalue weighted by molar-refractivity contribution is -0.225. The van der Waals surface area contributed by atoms with Gasteiger partial charge in [-0.3, -0.25) is 14.4 Å². The van der Waals surface area contributed by atoms with Crippen LogP contribution in [0.3, 0.4) is 0 Å². The Bertz CT molecular complexity index is 947. The van der Waals surface area contributed by atoms with Crippen LogP contribution in [0.4, 0.5) is 0 Å². The van der Waals surface area contributed by atoms with Gasteiger partial charge in [0.2, 0.25) is 0 Å². The normalized spacial score (nSPS) is 42.4. The molecule has 1 saturated heterocycles. The Labute approximate surface area is 201 Å². The van der Waals surface area contributed by atoms with Gasteiger partial charge < -0.3 is 19.7 Å². The summed E-state index contributed by atoms with van der Waals surface area (Å²) in [5.74, 6) is -4.37. The van der Waals surface area contributed by atoms with Crippen molar-refractivity contribution in [2.45, 2.75) is 84.8 Å². The summed E-state index contributed by atoms with van der Waals surface area (Å²) in [6.45, 7) is 14.6. The maximum Gasteiger partial charge on any atom is 0.358 e. The first-order valence-corrected chi connectivity index (χ1v) is 11.9. The summed E-state index contributed by atoms with van der Waals surface area (Å²) in [6, 6.07) is 0. The second-order valence-corrected chi connectivity index (χ2v) is 11.9. The molecule has 7 unspecified atom stereocenters. The number of esters is 2. The van der Waals surface area contributed by atoms with Gasteiger partial charge >= 0.3 is 17.9 Å². The van der Waals surface area contributed by atoms with Gasteiger partial charge in [-0.15, -0.1) is 0 Å². The van der Waals surface area contributed by atoms with E-state index in [1.165, 1.54) is 6.92 Å². The Balaban J connectivity index is 2.17. The van der Waals surface area contributed by atoms with Crippen LogP contribution in [-0.2, 0) is 28.7 Å². The van der Waals surface area contributed by atoms with Crippen molar-refractivity contribution < 1.29 is 38.9 Å². The smallest absolute Gasteiger partial charge is 0.358 e. The second-order valence-electron chi connectivity index (χ2n) is 11.9. The van der Waals surface area contributed by atoms with Gasteiger partial charge in [0, 0.05) is 6.42 Å². The minimum Gasteiger partial charge on any atom is -0.481 e. The third kappa shape index (κ3) is 3.43. The van der Waals surface area contributed by atoms with Crippen LogP contribution < -0.4 is 0 Å². The fraction of sp³-hybridized carbons (Fsp3) is 0.769. The van der Waals surface area contributed by atoms with Crippen molar-refractivity contribution in [1.82, 2.24) is 0 Å². The molecule has 7 atom stereocenters. The van der Waals surface area contributed by atoms with Crippen LogP contribution in [0, 0.1) is 34.0 Å². The van der Waals surface area contributed by atoms with E-state index in [0.29, 0.717) is 31.3 Å². The second kappa shape index (κ2) is 7.90. The van der Waals surface area contributed by atoms with Gasteiger partial charge in [0.25, 0.3) is 5.60 Å². The molecule has 2 N–H and O–H groups in total. The summed E-state index contributed by atoms with van der Waals surface area (Å²) in [5, 5.41) is 20.5. The van der Waals surface area contributed by atoms with Crippen molar-refractivity contribution in [2.24, 2.45) is 34.0 Å². The third-order valence-electron chi connectivity index (χ3n) is 9.53. The molecule has 0 spiro atoms. The molecule has 1 aliphatic heterocycles. The molecule has 2 saturated carbocycles. The molecule has 0 aromatic carbocycles. The highest BCUT2D eigenvalue weighted by Crippen LogP contribution is 2.70. The van der Waals surface area contributed by atoms with E-state index in [-0.39, 0.29) is 18.3 Å². The van der Waals surface area contributed by atoms with Gasteiger partial charge in [-0.1, -0.05) is 26.0 Å². The molecule has 8 nitrogen and oxygen atoms in total. The predicted molar refractivity (Wildman–Crippen MR) is 122 cm³/mol. The highest BCUT2D eigenvalue weighted by Gasteiger charge is 2.73. The molecule has 8 heteroatoms. The third-order valence-corrected chi connectivity index (χ3v) is 9.53. The molecule has 2 aliphatic carbocycles. The van der Waals surface area contributed by atoms with E-state index < -0.39 is 57.1 Å².